The maximum atomic E-state index is 12.7. The Morgan fingerprint density at radius 3 is 2.61 bits per heavy atom. The van der Waals surface area contributed by atoms with Crippen molar-refractivity contribution in [1.82, 2.24) is 5.32 Å². The summed E-state index contributed by atoms with van der Waals surface area (Å²) in [6.45, 7) is 6.49. The molecule has 1 aromatic rings. The largest absolute Gasteiger partial charge is 0.496 e. The number of ether oxygens (including phenoxy) is 1. The number of methoxy groups -OCH3 is 1. The number of carbonyl (C=O) groups is 2. The molecule has 1 heterocycles. The van der Waals surface area contributed by atoms with Crippen molar-refractivity contribution in [3.8, 4) is 5.75 Å². The molecule has 5 atom stereocenters. The van der Waals surface area contributed by atoms with E-state index >= 15 is 0 Å². The van der Waals surface area contributed by atoms with Crippen LogP contribution >= 0.6 is 0 Å². The van der Waals surface area contributed by atoms with Crippen molar-refractivity contribution in [2.24, 2.45) is 17.3 Å². The second-order valence-corrected chi connectivity index (χ2v) is 11.0. The smallest absolute Gasteiger partial charge is 0.482 e. The molecule has 198 valence electrons. The van der Waals surface area contributed by atoms with Crippen molar-refractivity contribution in [3.63, 3.8) is 0 Å². The zero-order valence-electron chi connectivity index (χ0n) is 21.0. The van der Waals surface area contributed by atoms with E-state index in [0.717, 1.165) is 12.8 Å². The van der Waals surface area contributed by atoms with E-state index in [1.807, 2.05) is 6.92 Å². The second kappa shape index (κ2) is 9.56. The van der Waals surface area contributed by atoms with Crippen LogP contribution in [0.1, 0.15) is 68.8 Å². The third kappa shape index (κ3) is 4.96. The first-order chi connectivity index (χ1) is 16.8. The Morgan fingerprint density at radius 2 is 2.00 bits per heavy atom. The van der Waals surface area contributed by atoms with Crippen LogP contribution in [0.15, 0.2) is 18.2 Å². The number of nitrogens with one attached hydrogen (secondary N) is 1. The molecule has 5 rings (SSSR count). The molecule has 0 aromatic heterocycles. The maximum Gasteiger partial charge on any atom is 0.482 e. The van der Waals surface area contributed by atoms with Crippen molar-refractivity contribution in [2.45, 2.75) is 83.1 Å². The zero-order valence-corrected chi connectivity index (χ0v) is 21.0. The molecule has 3 saturated carbocycles. The summed E-state index contributed by atoms with van der Waals surface area (Å²) in [6.07, 6.45) is -4.16. The van der Waals surface area contributed by atoms with E-state index in [2.05, 4.69) is 19.2 Å². The molecule has 0 radical (unpaired) electrons. The molecule has 2 bridgehead atoms. The minimum absolute atomic E-state index is 0.0262. The SMILES string of the molecule is COc1c(CC(NC(=O)CCCC(F)(F)F)B2OC3CC4CC(C4(C)C)C3(C)O2)cccc1C(=O)O. The van der Waals surface area contributed by atoms with Crippen LogP contribution in [0.4, 0.5) is 13.2 Å². The summed E-state index contributed by atoms with van der Waals surface area (Å²) in [5, 5.41) is 12.4. The van der Waals surface area contributed by atoms with E-state index in [1.54, 1.807) is 12.1 Å². The fourth-order valence-corrected chi connectivity index (χ4v) is 6.41. The Hall–Kier alpha value is -2.27. The van der Waals surface area contributed by atoms with Crippen LogP contribution in [0.2, 0.25) is 0 Å². The zero-order chi connectivity index (χ0) is 26.5. The molecule has 2 N–H and O–H groups in total. The summed E-state index contributed by atoms with van der Waals surface area (Å²) in [6, 6.07) is 4.69. The summed E-state index contributed by atoms with van der Waals surface area (Å²) in [4.78, 5) is 24.3. The number of carboxylic acid groups (broad SMARTS) is 1. The Balaban J connectivity index is 1.56. The van der Waals surface area contributed by atoms with Crippen LogP contribution in [0, 0.1) is 17.3 Å². The predicted molar refractivity (Wildman–Crippen MR) is 126 cm³/mol. The Bertz CT molecular complexity index is 1020. The molecule has 3 aliphatic carbocycles. The van der Waals surface area contributed by atoms with Gasteiger partial charge in [-0.2, -0.15) is 13.2 Å². The van der Waals surface area contributed by atoms with Crippen molar-refractivity contribution in [1.29, 1.82) is 0 Å². The lowest BCUT2D eigenvalue weighted by Crippen LogP contribution is -2.65. The first kappa shape index (κ1) is 26.8. The lowest BCUT2D eigenvalue weighted by molar-refractivity contribution is -0.199. The van der Waals surface area contributed by atoms with E-state index in [-0.39, 0.29) is 48.0 Å². The summed E-state index contributed by atoms with van der Waals surface area (Å²) in [7, 11) is 0.531. The number of amides is 1. The molecule has 5 unspecified atom stereocenters. The highest BCUT2D eigenvalue weighted by Gasteiger charge is 2.68. The van der Waals surface area contributed by atoms with Gasteiger partial charge in [0, 0.05) is 12.8 Å². The van der Waals surface area contributed by atoms with E-state index in [0.29, 0.717) is 11.5 Å². The fraction of sp³-hybridized carbons (Fsp3) is 0.680. The Morgan fingerprint density at radius 1 is 1.28 bits per heavy atom. The number of hydrogen-bond donors (Lipinski definition) is 2. The molecule has 1 aromatic carbocycles. The molecule has 11 heteroatoms. The summed E-state index contributed by atoms with van der Waals surface area (Å²) >= 11 is 0. The van der Waals surface area contributed by atoms with Gasteiger partial charge in [0.2, 0.25) is 5.91 Å². The second-order valence-electron chi connectivity index (χ2n) is 11.0. The van der Waals surface area contributed by atoms with Gasteiger partial charge < -0.3 is 24.5 Å². The van der Waals surface area contributed by atoms with Gasteiger partial charge in [-0.15, -0.1) is 0 Å². The summed E-state index contributed by atoms with van der Waals surface area (Å²) in [5.74, 6) is -1.49. The molecule has 1 saturated heterocycles. The first-order valence-electron chi connectivity index (χ1n) is 12.3. The number of hydrogen-bond acceptors (Lipinski definition) is 5. The molecule has 4 fully saturated rings. The monoisotopic (exact) mass is 511 g/mol. The van der Waals surface area contributed by atoms with E-state index in [4.69, 9.17) is 14.0 Å². The van der Waals surface area contributed by atoms with Gasteiger partial charge in [-0.25, -0.2) is 4.79 Å². The summed E-state index contributed by atoms with van der Waals surface area (Å²) < 4.78 is 55.9. The Kier molecular flexibility index (Phi) is 7.11. The van der Waals surface area contributed by atoms with E-state index in [9.17, 15) is 27.9 Å². The van der Waals surface area contributed by atoms with Gasteiger partial charge in [-0.1, -0.05) is 26.0 Å². The standard InChI is InChI=1S/C25H33BF3NO6/c1-23(2)15-12-17(23)24(3)18(13-15)35-26(36-24)19(30-20(31)9-6-10-25(27,28)29)11-14-7-5-8-16(22(32)33)21(14)34-4/h5,7-8,15,17-19H,6,9-13H2,1-4H3,(H,30,31)(H,32,33). The number of rotatable bonds is 9. The Labute approximate surface area is 209 Å². The average molecular weight is 511 g/mol. The van der Waals surface area contributed by atoms with Crippen molar-refractivity contribution in [2.75, 3.05) is 7.11 Å². The molecular weight excluding hydrogens is 478 g/mol. The van der Waals surface area contributed by atoms with Gasteiger partial charge in [-0.3, -0.25) is 4.79 Å². The van der Waals surface area contributed by atoms with Crippen LogP contribution in [-0.4, -0.2) is 55.0 Å². The number of halogens is 3. The number of benzene rings is 1. The maximum absolute atomic E-state index is 12.7. The molecule has 7 nitrogen and oxygen atoms in total. The van der Waals surface area contributed by atoms with Crippen LogP contribution < -0.4 is 10.1 Å². The number of carbonyl (C=O) groups excluding carboxylic acids is 1. The highest BCUT2D eigenvalue weighted by atomic mass is 19.4. The molecule has 1 aliphatic heterocycles. The van der Waals surface area contributed by atoms with Crippen LogP contribution in [-0.2, 0) is 20.5 Å². The number of para-hydroxylation sites is 1. The van der Waals surface area contributed by atoms with Gasteiger partial charge >= 0.3 is 19.3 Å². The van der Waals surface area contributed by atoms with E-state index in [1.165, 1.54) is 13.2 Å². The van der Waals surface area contributed by atoms with Gasteiger partial charge in [0.05, 0.1) is 24.8 Å². The number of aromatic carboxylic acids is 1. The lowest BCUT2D eigenvalue weighted by Gasteiger charge is -2.64. The highest BCUT2D eigenvalue weighted by Crippen LogP contribution is 2.65. The quantitative estimate of drug-likeness (QED) is 0.477. The molecule has 4 aliphatic rings. The molecule has 36 heavy (non-hydrogen) atoms. The van der Waals surface area contributed by atoms with E-state index < -0.39 is 43.1 Å². The number of carboxylic acids is 1. The third-order valence-corrected chi connectivity index (χ3v) is 8.48. The lowest BCUT2D eigenvalue weighted by atomic mass is 9.43. The average Bonchev–Trinajstić information content (AvgIpc) is 3.14. The molecular formula is C25H33BF3NO6. The van der Waals surface area contributed by atoms with Gasteiger partial charge in [0.1, 0.15) is 11.3 Å². The van der Waals surface area contributed by atoms with Crippen LogP contribution in [0.3, 0.4) is 0 Å². The predicted octanol–water partition coefficient (Wildman–Crippen LogP) is 4.42. The third-order valence-electron chi connectivity index (χ3n) is 8.48. The van der Waals surface area contributed by atoms with Gasteiger partial charge in [0.25, 0.3) is 0 Å². The number of alkyl halides is 3. The topological polar surface area (TPSA) is 94.1 Å². The minimum atomic E-state index is -4.33. The van der Waals surface area contributed by atoms with Crippen molar-refractivity contribution in [3.05, 3.63) is 29.3 Å². The minimum Gasteiger partial charge on any atom is -0.496 e. The van der Waals surface area contributed by atoms with Gasteiger partial charge in [-0.05, 0) is 61.5 Å². The molecule has 1 amide bonds. The molecule has 0 spiro atoms. The van der Waals surface area contributed by atoms with Gasteiger partial charge in [0.15, 0.2) is 0 Å². The summed E-state index contributed by atoms with van der Waals surface area (Å²) in [5.41, 5.74) is 0.0604. The highest BCUT2D eigenvalue weighted by molar-refractivity contribution is 6.48. The fourth-order valence-electron chi connectivity index (χ4n) is 6.41. The van der Waals surface area contributed by atoms with Crippen molar-refractivity contribution < 1.29 is 41.9 Å². The van der Waals surface area contributed by atoms with Crippen LogP contribution in [0.25, 0.3) is 0 Å². The normalized spacial score (nSPS) is 29.2. The van der Waals surface area contributed by atoms with Crippen molar-refractivity contribution >= 4 is 19.0 Å². The first-order valence-corrected chi connectivity index (χ1v) is 12.3. The van der Waals surface area contributed by atoms with Crippen LogP contribution in [0.5, 0.6) is 5.75 Å².